The van der Waals surface area contributed by atoms with E-state index >= 15 is 0 Å². The van der Waals surface area contributed by atoms with Crippen LogP contribution in [0.15, 0.2) is 42.5 Å². The zero-order valence-corrected chi connectivity index (χ0v) is 15.6. The van der Waals surface area contributed by atoms with Crippen LogP contribution in [0.25, 0.3) is 0 Å². The molecule has 0 spiro atoms. The zero-order valence-electron chi connectivity index (χ0n) is 15.6. The maximum atomic E-state index is 13.0. The lowest BCUT2D eigenvalue weighted by Crippen LogP contribution is -2.48. The summed E-state index contributed by atoms with van der Waals surface area (Å²) < 4.78 is 18.6. The molecule has 1 aliphatic heterocycles. The van der Waals surface area contributed by atoms with Crippen molar-refractivity contribution in [2.24, 2.45) is 11.7 Å². The number of rotatable bonds is 7. The van der Waals surface area contributed by atoms with Crippen molar-refractivity contribution < 1.29 is 23.5 Å². The quantitative estimate of drug-likeness (QED) is 0.744. The fourth-order valence-electron chi connectivity index (χ4n) is 3.15. The Morgan fingerprint density at radius 3 is 2.32 bits per heavy atom. The molecule has 6 nitrogen and oxygen atoms in total. The lowest BCUT2D eigenvalue weighted by atomic mass is 10.0. The number of nitrogens with two attached hydrogens (primary N) is 1. The molecule has 7 heteroatoms. The number of hydrogen-bond acceptors (Lipinski definition) is 4. The highest BCUT2D eigenvalue weighted by Gasteiger charge is 2.42. The Kier molecular flexibility index (Phi) is 5.44. The van der Waals surface area contributed by atoms with E-state index in [1.165, 1.54) is 24.3 Å². The second kappa shape index (κ2) is 7.80. The van der Waals surface area contributed by atoms with Gasteiger partial charge in [0.1, 0.15) is 24.2 Å². The maximum absolute atomic E-state index is 13.0. The lowest BCUT2D eigenvalue weighted by Gasteiger charge is -2.24. The third-order valence-electron chi connectivity index (χ3n) is 4.54. The van der Waals surface area contributed by atoms with Crippen LogP contribution in [0.5, 0.6) is 5.75 Å². The van der Waals surface area contributed by atoms with E-state index in [-0.39, 0.29) is 29.5 Å². The minimum absolute atomic E-state index is 0.0800. The molecule has 0 radical (unpaired) electrons. The SMILES string of the molecule is CC(C)C[C@@H](C(N)=O)N1C(=O)c2ccc(OCc3ccc(F)cc3)cc2C1=O. The average molecular weight is 384 g/mol. The van der Waals surface area contributed by atoms with Crippen molar-refractivity contribution >= 4 is 17.7 Å². The molecule has 2 aromatic carbocycles. The van der Waals surface area contributed by atoms with Gasteiger partial charge < -0.3 is 10.5 Å². The molecule has 0 bridgehead atoms. The molecule has 0 aromatic heterocycles. The summed E-state index contributed by atoms with van der Waals surface area (Å²) in [5, 5.41) is 0. The second-order valence-electron chi connectivity index (χ2n) is 7.15. The topological polar surface area (TPSA) is 89.7 Å². The van der Waals surface area contributed by atoms with E-state index in [0.717, 1.165) is 10.5 Å². The van der Waals surface area contributed by atoms with Gasteiger partial charge in [0.05, 0.1) is 11.1 Å². The second-order valence-corrected chi connectivity index (χ2v) is 7.15. The van der Waals surface area contributed by atoms with Crippen LogP contribution in [-0.4, -0.2) is 28.7 Å². The summed E-state index contributed by atoms with van der Waals surface area (Å²) in [5.74, 6) is -1.67. The Morgan fingerprint density at radius 1 is 1.07 bits per heavy atom. The highest BCUT2D eigenvalue weighted by molar-refractivity contribution is 6.23. The minimum atomic E-state index is -0.990. The Hall–Kier alpha value is -3.22. The molecule has 2 N–H and O–H groups in total. The summed E-state index contributed by atoms with van der Waals surface area (Å²) >= 11 is 0. The predicted molar refractivity (Wildman–Crippen MR) is 100 cm³/mol. The molecule has 1 heterocycles. The summed E-state index contributed by atoms with van der Waals surface area (Å²) in [4.78, 5) is 38.3. The van der Waals surface area contributed by atoms with E-state index < -0.39 is 23.8 Å². The number of imide groups is 1. The monoisotopic (exact) mass is 384 g/mol. The molecular weight excluding hydrogens is 363 g/mol. The third kappa shape index (κ3) is 3.88. The Labute approximate surface area is 162 Å². The van der Waals surface area contributed by atoms with Crippen molar-refractivity contribution in [1.82, 2.24) is 4.90 Å². The van der Waals surface area contributed by atoms with E-state index in [0.29, 0.717) is 12.2 Å². The van der Waals surface area contributed by atoms with Gasteiger partial charge in [-0.1, -0.05) is 26.0 Å². The van der Waals surface area contributed by atoms with Crippen LogP contribution in [0.4, 0.5) is 4.39 Å². The Balaban J connectivity index is 1.80. The van der Waals surface area contributed by atoms with E-state index in [2.05, 4.69) is 0 Å². The first-order valence-corrected chi connectivity index (χ1v) is 8.96. The number of amides is 3. The molecule has 0 saturated carbocycles. The van der Waals surface area contributed by atoms with Crippen LogP contribution in [0, 0.1) is 11.7 Å². The maximum Gasteiger partial charge on any atom is 0.262 e. The molecule has 1 aliphatic rings. The largest absolute Gasteiger partial charge is 0.489 e. The molecule has 3 amide bonds. The van der Waals surface area contributed by atoms with E-state index in [1.807, 2.05) is 13.8 Å². The Morgan fingerprint density at radius 2 is 1.71 bits per heavy atom. The lowest BCUT2D eigenvalue weighted by molar-refractivity contribution is -0.122. The summed E-state index contributed by atoms with van der Waals surface area (Å²) in [7, 11) is 0. The van der Waals surface area contributed by atoms with Gasteiger partial charge >= 0.3 is 0 Å². The minimum Gasteiger partial charge on any atom is -0.489 e. The summed E-state index contributed by atoms with van der Waals surface area (Å²) in [6.45, 7) is 3.95. The van der Waals surface area contributed by atoms with Crippen LogP contribution < -0.4 is 10.5 Å². The predicted octanol–water partition coefficient (Wildman–Crippen LogP) is 2.90. The van der Waals surface area contributed by atoms with Gasteiger partial charge in [-0.2, -0.15) is 0 Å². The summed E-state index contributed by atoms with van der Waals surface area (Å²) in [6.07, 6.45) is 0.300. The van der Waals surface area contributed by atoms with Crippen molar-refractivity contribution in [2.75, 3.05) is 0 Å². The fourth-order valence-corrected chi connectivity index (χ4v) is 3.15. The van der Waals surface area contributed by atoms with Gasteiger partial charge in [-0.15, -0.1) is 0 Å². The van der Waals surface area contributed by atoms with Gasteiger partial charge in [0, 0.05) is 0 Å². The van der Waals surface area contributed by atoms with Crippen LogP contribution in [-0.2, 0) is 11.4 Å². The van der Waals surface area contributed by atoms with Crippen LogP contribution in [0.3, 0.4) is 0 Å². The smallest absolute Gasteiger partial charge is 0.262 e. The van der Waals surface area contributed by atoms with E-state index in [9.17, 15) is 18.8 Å². The number of carbonyl (C=O) groups is 3. The van der Waals surface area contributed by atoms with Crippen LogP contribution >= 0.6 is 0 Å². The molecule has 1 atom stereocenters. The van der Waals surface area contributed by atoms with Gasteiger partial charge in [0.2, 0.25) is 5.91 Å². The van der Waals surface area contributed by atoms with Gasteiger partial charge in [-0.05, 0) is 48.2 Å². The number of primary amides is 1. The molecule has 146 valence electrons. The first kappa shape index (κ1) is 19.5. The molecule has 0 unspecified atom stereocenters. The molecule has 0 saturated heterocycles. The molecule has 2 aromatic rings. The number of ether oxygens (including phenoxy) is 1. The first-order valence-electron chi connectivity index (χ1n) is 8.96. The molecule has 0 fully saturated rings. The standard InChI is InChI=1S/C21H21FN2O4/c1-12(2)9-18(19(23)25)24-20(26)16-8-7-15(10-17(16)21(24)27)28-11-13-3-5-14(22)6-4-13/h3-8,10,12,18H,9,11H2,1-2H3,(H2,23,25)/t18-/m0/s1. The average Bonchev–Trinajstić information content (AvgIpc) is 2.89. The number of nitrogens with zero attached hydrogens (tertiary/aromatic N) is 1. The van der Waals surface area contributed by atoms with Gasteiger partial charge in [0.25, 0.3) is 11.8 Å². The van der Waals surface area contributed by atoms with Gasteiger partial charge in [-0.3, -0.25) is 19.3 Å². The highest BCUT2D eigenvalue weighted by atomic mass is 19.1. The van der Waals surface area contributed by atoms with Crippen molar-refractivity contribution in [3.8, 4) is 5.75 Å². The summed E-state index contributed by atoms with van der Waals surface area (Å²) in [6, 6.07) is 9.44. The molecular formula is C21H21FN2O4. The van der Waals surface area contributed by atoms with Crippen molar-refractivity contribution in [3.05, 3.63) is 65.0 Å². The van der Waals surface area contributed by atoms with Crippen LogP contribution in [0.1, 0.15) is 46.5 Å². The van der Waals surface area contributed by atoms with Gasteiger partial charge in [-0.25, -0.2) is 4.39 Å². The van der Waals surface area contributed by atoms with Gasteiger partial charge in [0.15, 0.2) is 0 Å². The molecule has 0 aliphatic carbocycles. The first-order chi connectivity index (χ1) is 13.3. The molecule has 3 rings (SSSR count). The van der Waals surface area contributed by atoms with Crippen LogP contribution in [0.2, 0.25) is 0 Å². The molecule has 28 heavy (non-hydrogen) atoms. The zero-order chi connectivity index (χ0) is 20.4. The van der Waals surface area contributed by atoms with Crippen molar-refractivity contribution in [2.45, 2.75) is 32.9 Å². The number of halogens is 1. The third-order valence-corrected chi connectivity index (χ3v) is 4.54. The van der Waals surface area contributed by atoms with E-state index in [4.69, 9.17) is 10.5 Å². The normalized spacial score (nSPS) is 14.4. The Bertz CT molecular complexity index is 925. The van der Waals surface area contributed by atoms with Crippen molar-refractivity contribution in [1.29, 1.82) is 0 Å². The number of fused-ring (bicyclic) bond motifs is 1. The number of benzene rings is 2. The number of carbonyl (C=O) groups excluding carboxylic acids is 3. The van der Waals surface area contributed by atoms with Crippen molar-refractivity contribution in [3.63, 3.8) is 0 Å². The fraction of sp³-hybridized carbons (Fsp3) is 0.286. The van der Waals surface area contributed by atoms with E-state index in [1.54, 1.807) is 18.2 Å². The number of hydrogen-bond donors (Lipinski definition) is 1. The highest BCUT2D eigenvalue weighted by Crippen LogP contribution is 2.30. The summed E-state index contributed by atoms with van der Waals surface area (Å²) in [5.41, 5.74) is 6.60.